The van der Waals surface area contributed by atoms with E-state index in [1.165, 1.54) is 17.5 Å². The summed E-state index contributed by atoms with van der Waals surface area (Å²) < 4.78 is 17.4. The number of hydrogen-bond donors (Lipinski definition) is 2. The van der Waals surface area contributed by atoms with Crippen LogP contribution in [-0.4, -0.2) is 64.2 Å². The van der Waals surface area contributed by atoms with Crippen molar-refractivity contribution in [3.05, 3.63) is 62.1 Å². The molecule has 0 spiro atoms. The Bertz CT molecular complexity index is 1610. The van der Waals surface area contributed by atoms with Gasteiger partial charge in [0.05, 0.1) is 32.5 Å². The van der Waals surface area contributed by atoms with Crippen LogP contribution in [0.5, 0.6) is 0 Å². The molecule has 1 amide bonds. The predicted octanol–water partition coefficient (Wildman–Crippen LogP) is 4.54. The quantitative estimate of drug-likeness (QED) is 0.346. The van der Waals surface area contributed by atoms with Gasteiger partial charge in [0, 0.05) is 44.3 Å². The van der Waals surface area contributed by atoms with Gasteiger partial charge >= 0.3 is 5.97 Å². The average molecular weight is 578 g/mol. The highest BCUT2D eigenvalue weighted by atomic mass is 35.5. The van der Waals surface area contributed by atoms with Gasteiger partial charge in [-0.1, -0.05) is 34.5 Å². The number of piperazine rings is 1. The van der Waals surface area contributed by atoms with Crippen molar-refractivity contribution in [3.8, 4) is 0 Å². The van der Waals surface area contributed by atoms with Gasteiger partial charge in [-0.2, -0.15) is 0 Å². The lowest BCUT2D eigenvalue weighted by atomic mass is 10.1. The van der Waals surface area contributed by atoms with E-state index in [-0.39, 0.29) is 17.8 Å². The van der Waals surface area contributed by atoms with Gasteiger partial charge < -0.3 is 19.9 Å². The van der Waals surface area contributed by atoms with Crippen molar-refractivity contribution >= 4 is 78.4 Å². The van der Waals surface area contributed by atoms with E-state index in [0.29, 0.717) is 69.3 Å². The van der Waals surface area contributed by atoms with Gasteiger partial charge in [-0.05, 0) is 31.2 Å². The Hall–Kier alpha value is -3.25. The molecular formula is C25H22Cl2FN5O4S. The highest BCUT2D eigenvalue weighted by Gasteiger charge is 2.24. The van der Waals surface area contributed by atoms with Crippen LogP contribution in [0.1, 0.15) is 17.3 Å². The number of fused-ring (bicyclic) bond motifs is 2. The Morgan fingerprint density at radius 3 is 2.53 bits per heavy atom. The van der Waals surface area contributed by atoms with Crippen LogP contribution in [0.4, 0.5) is 15.2 Å². The molecule has 0 aliphatic carbocycles. The van der Waals surface area contributed by atoms with Crippen LogP contribution < -0.4 is 15.6 Å². The molecule has 198 valence electrons. The van der Waals surface area contributed by atoms with Gasteiger partial charge in [0.15, 0.2) is 5.13 Å². The Kier molecular flexibility index (Phi) is 7.28. The van der Waals surface area contributed by atoms with E-state index < -0.39 is 22.8 Å². The number of carboxylic acids is 1. The second-order valence-corrected chi connectivity index (χ2v) is 10.6. The zero-order chi connectivity index (χ0) is 27.1. The fourth-order valence-electron chi connectivity index (χ4n) is 4.56. The Morgan fingerprint density at radius 1 is 1.16 bits per heavy atom. The first-order chi connectivity index (χ1) is 18.2. The third-order valence-electron chi connectivity index (χ3n) is 6.49. The molecule has 13 heteroatoms. The number of anilines is 2. The van der Waals surface area contributed by atoms with Crippen LogP contribution in [-0.2, 0) is 11.3 Å². The number of hydrogen-bond acceptors (Lipinski definition) is 7. The molecule has 2 aromatic heterocycles. The number of benzene rings is 2. The number of aryl methyl sites for hydroxylation is 1. The fraction of sp³-hybridized carbons (Fsp3) is 0.280. The zero-order valence-corrected chi connectivity index (χ0v) is 22.5. The summed E-state index contributed by atoms with van der Waals surface area (Å²) in [6, 6.07) is 6.04. The van der Waals surface area contributed by atoms with E-state index >= 15 is 4.39 Å². The number of rotatable bonds is 6. The SMILES string of the molecule is CCn1cc(C(=O)O)c(=O)c2cc(F)c(N3CCN(CC(=O)Nc4nc5c(Cl)ccc(Cl)c5s4)CC3)cc21. The summed E-state index contributed by atoms with van der Waals surface area (Å²) in [5.74, 6) is -2.18. The highest BCUT2D eigenvalue weighted by Crippen LogP contribution is 2.36. The molecule has 5 rings (SSSR count). The number of carboxylic acid groups (broad SMARTS) is 1. The van der Waals surface area contributed by atoms with Crippen molar-refractivity contribution in [1.29, 1.82) is 0 Å². The maximum atomic E-state index is 15.1. The Morgan fingerprint density at radius 2 is 1.87 bits per heavy atom. The molecule has 0 saturated carbocycles. The van der Waals surface area contributed by atoms with Crippen LogP contribution in [0, 0.1) is 5.82 Å². The number of carbonyl (C=O) groups is 2. The smallest absolute Gasteiger partial charge is 0.341 e. The number of carbonyl (C=O) groups excluding carboxylic acids is 1. The third-order valence-corrected chi connectivity index (χ3v) is 8.23. The molecule has 2 N–H and O–H groups in total. The minimum absolute atomic E-state index is 0.0285. The fourth-order valence-corrected chi connectivity index (χ4v) is 6.00. The van der Waals surface area contributed by atoms with E-state index in [9.17, 15) is 19.5 Å². The van der Waals surface area contributed by atoms with E-state index in [1.54, 1.807) is 22.8 Å². The van der Waals surface area contributed by atoms with Gasteiger partial charge in [-0.25, -0.2) is 14.2 Å². The number of nitrogens with one attached hydrogen (secondary N) is 1. The number of aromatic carboxylic acids is 1. The second kappa shape index (κ2) is 10.5. The molecule has 0 atom stereocenters. The average Bonchev–Trinajstić information content (AvgIpc) is 3.32. The van der Waals surface area contributed by atoms with Gasteiger partial charge in [0.1, 0.15) is 16.9 Å². The first-order valence-electron chi connectivity index (χ1n) is 11.8. The Labute approximate surface area is 230 Å². The molecule has 0 bridgehead atoms. The van der Waals surface area contributed by atoms with E-state index in [0.717, 1.165) is 6.07 Å². The molecule has 1 fully saturated rings. The molecule has 2 aromatic carbocycles. The minimum atomic E-state index is -1.35. The van der Waals surface area contributed by atoms with Crippen molar-refractivity contribution in [2.24, 2.45) is 0 Å². The Balaban J connectivity index is 1.27. The lowest BCUT2D eigenvalue weighted by Crippen LogP contribution is -2.49. The molecule has 0 unspecified atom stereocenters. The van der Waals surface area contributed by atoms with Crippen LogP contribution in [0.3, 0.4) is 0 Å². The van der Waals surface area contributed by atoms with Crippen LogP contribution >= 0.6 is 34.5 Å². The molecular weight excluding hydrogens is 556 g/mol. The summed E-state index contributed by atoms with van der Waals surface area (Å²) in [6.45, 7) is 4.33. The number of pyridine rings is 1. The lowest BCUT2D eigenvalue weighted by Gasteiger charge is -2.36. The maximum Gasteiger partial charge on any atom is 0.341 e. The van der Waals surface area contributed by atoms with Gasteiger partial charge in [0.2, 0.25) is 11.3 Å². The summed E-state index contributed by atoms with van der Waals surface area (Å²) in [6.07, 6.45) is 1.29. The summed E-state index contributed by atoms with van der Waals surface area (Å²) in [4.78, 5) is 44.9. The predicted molar refractivity (Wildman–Crippen MR) is 148 cm³/mol. The topological polar surface area (TPSA) is 108 Å². The second-order valence-electron chi connectivity index (χ2n) is 8.82. The van der Waals surface area contributed by atoms with Crippen LogP contribution in [0.2, 0.25) is 10.0 Å². The number of halogens is 3. The highest BCUT2D eigenvalue weighted by molar-refractivity contribution is 7.23. The normalized spacial score (nSPS) is 14.4. The standard InChI is InChI=1S/C25H22Cl2FN5O4S/c1-2-32-11-14(24(36)37)22(35)13-9-17(28)19(10-18(13)32)33-7-5-31(6-8-33)12-20(34)29-25-30-21-15(26)3-4-16(27)23(21)38-25/h3-4,9-11H,2,5-8,12H2,1H3,(H,36,37)(H,29,30,34). The van der Waals surface area contributed by atoms with Gasteiger partial charge in [-0.15, -0.1) is 0 Å². The molecule has 4 aromatic rings. The number of nitrogens with zero attached hydrogens (tertiary/aromatic N) is 4. The molecule has 3 heterocycles. The van der Waals surface area contributed by atoms with Crippen LogP contribution in [0.15, 0.2) is 35.3 Å². The van der Waals surface area contributed by atoms with E-state index in [4.69, 9.17) is 23.2 Å². The summed E-state index contributed by atoms with van der Waals surface area (Å²) in [5.41, 5.74) is 0.232. The van der Waals surface area contributed by atoms with Crippen molar-refractivity contribution < 1.29 is 19.1 Å². The van der Waals surface area contributed by atoms with Gasteiger partial charge in [-0.3, -0.25) is 14.5 Å². The van der Waals surface area contributed by atoms with Gasteiger partial charge in [0.25, 0.3) is 0 Å². The molecule has 1 aliphatic heterocycles. The minimum Gasteiger partial charge on any atom is -0.477 e. The summed E-state index contributed by atoms with van der Waals surface area (Å²) in [7, 11) is 0. The summed E-state index contributed by atoms with van der Waals surface area (Å²) in [5, 5.41) is 13.5. The molecule has 38 heavy (non-hydrogen) atoms. The van der Waals surface area contributed by atoms with Crippen molar-refractivity contribution in [2.45, 2.75) is 13.5 Å². The van der Waals surface area contributed by atoms with Crippen LogP contribution in [0.25, 0.3) is 21.1 Å². The lowest BCUT2D eigenvalue weighted by molar-refractivity contribution is -0.117. The maximum absolute atomic E-state index is 15.1. The molecule has 1 saturated heterocycles. The summed E-state index contributed by atoms with van der Waals surface area (Å²) >= 11 is 13.6. The monoisotopic (exact) mass is 577 g/mol. The van der Waals surface area contributed by atoms with Crippen molar-refractivity contribution in [1.82, 2.24) is 14.5 Å². The van der Waals surface area contributed by atoms with Crippen molar-refractivity contribution in [2.75, 3.05) is 42.9 Å². The largest absolute Gasteiger partial charge is 0.477 e. The first-order valence-corrected chi connectivity index (χ1v) is 13.3. The number of thiazole rings is 1. The van der Waals surface area contributed by atoms with E-state index in [1.807, 2.05) is 16.7 Å². The molecule has 1 aliphatic rings. The molecule has 0 radical (unpaired) electrons. The molecule has 9 nitrogen and oxygen atoms in total. The number of aromatic nitrogens is 2. The third kappa shape index (κ3) is 4.94. The van der Waals surface area contributed by atoms with E-state index in [2.05, 4.69) is 10.3 Å². The zero-order valence-electron chi connectivity index (χ0n) is 20.1. The first kappa shape index (κ1) is 26.4. The number of amides is 1. The van der Waals surface area contributed by atoms with Crippen molar-refractivity contribution in [3.63, 3.8) is 0 Å².